The highest BCUT2D eigenvalue weighted by Gasteiger charge is 2.52. The quantitative estimate of drug-likeness (QED) is 0.447. The molecule has 0 radical (unpaired) electrons. The summed E-state index contributed by atoms with van der Waals surface area (Å²) in [5.41, 5.74) is 6.87. The zero-order valence-electron chi connectivity index (χ0n) is 10.6. The number of halogens is 2. The van der Waals surface area contributed by atoms with Crippen LogP contribution in [0.1, 0.15) is 12.8 Å². The molecule has 4 atom stereocenters. The number of rotatable bonds is 1. The van der Waals surface area contributed by atoms with Gasteiger partial charge in [0.25, 0.3) is 0 Å². The molecule has 0 spiro atoms. The highest BCUT2D eigenvalue weighted by Crippen LogP contribution is 2.45. The fourth-order valence-electron chi connectivity index (χ4n) is 3.02. The van der Waals surface area contributed by atoms with Crippen molar-refractivity contribution in [2.75, 3.05) is 10.6 Å². The standard InChI is InChI=1S/C14H14Br2N2O2/c15-9-5-7-8(6-10(9)16)14(20)18(13(7)19)12-4-2-1-3-11(12)17/h1-4,7-10H,5-6,17H2/t7-,8+,9-,10+. The molecule has 4 nitrogen and oxygen atoms in total. The van der Waals surface area contributed by atoms with Crippen LogP contribution in [0.5, 0.6) is 0 Å². The van der Waals surface area contributed by atoms with Crippen molar-refractivity contribution in [3.63, 3.8) is 0 Å². The highest BCUT2D eigenvalue weighted by molar-refractivity contribution is 9.12. The molecular weight excluding hydrogens is 388 g/mol. The number of alkyl halides is 2. The van der Waals surface area contributed by atoms with Crippen LogP contribution in [0.2, 0.25) is 0 Å². The van der Waals surface area contributed by atoms with E-state index in [1.54, 1.807) is 24.3 Å². The highest BCUT2D eigenvalue weighted by atomic mass is 79.9. The van der Waals surface area contributed by atoms with Crippen LogP contribution in [0.3, 0.4) is 0 Å². The predicted octanol–water partition coefficient (Wildman–Crippen LogP) is 2.70. The van der Waals surface area contributed by atoms with E-state index in [0.717, 1.165) is 0 Å². The van der Waals surface area contributed by atoms with Gasteiger partial charge in [0.2, 0.25) is 11.8 Å². The van der Waals surface area contributed by atoms with Crippen LogP contribution < -0.4 is 10.6 Å². The van der Waals surface area contributed by atoms with Crippen molar-refractivity contribution < 1.29 is 9.59 Å². The van der Waals surface area contributed by atoms with Crippen molar-refractivity contribution in [2.45, 2.75) is 22.5 Å². The topological polar surface area (TPSA) is 63.4 Å². The van der Waals surface area contributed by atoms with Gasteiger partial charge in [0.05, 0.1) is 23.2 Å². The van der Waals surface area contributed by atoms with Gasteiger partial charge in [0, 0.05) is 9.65 Å². The summed E-state index contributed by atoms with van der Waals surface area (Å²) in [6, 6.07) is 7.01. The molecule has 1 heterocycles. The largest absolute Gasteiger partial charge is 0.397 e. The van der Waals surface area contributed by atoms with Gasteiger partial charge in [0.1, 0.15) is 0 Å². The Morgan fingerprint density at radius 3 is 2.00 bits per heavy atom. The van der Waals surface area contributed by atoms with Crippen molar-refractivity contribution >= 4 is 55.0 Å². The summed E-state index contributed by atoms with van der Waals surface area (Å²) in [5.74, 6) is -0.718. The number of hydrogen-bond donors (Lipinski definition) is 1. The lowest BCUT2D eigenvalue weighted by Crippen LogP contribution is -2.34. The molecule has 0 bridgehead atoms. The molecule has 0 aromatic heterocycles. The second kappa shape index (κ2) is 5.15. The predicted molar refractivity (Wildman–Crippen MR) is 85.0 cm³/mol. The normalized spacial score (nSPS) is 33.4. The number of anilines is 2. The number of carbonyl (C=O) groups is 2. The lowest BCUT2D eigenvalue weighted by atomic mass is 9.81. The lowest BCUT2D eigenvalue weighted by Gasteiger charge is -2.29. The molecule has 6 heteroatoms. The fraction of sp³-hybridized carbons (Fsp3) is 0.429. The van der Waals surface area contributed by atoms with E-state index in [0.29, 0.717) is 24.2 Å². The van der Waals surface area contributed by atoms with E-state index in [1.165, 1.54) is 4.90 Å². The van der Waals surface area contributed by atoms with Crippen molar-refractivity contribution in [3.8, 4) is 0 Å². The molecule has 1 saturated heterocycles. The number of imide groups is 1. The number of benzene rings is 1. The summed E-state index contributed by atoms with van der Waals surface area (Å²) in [4.78, 5) is 26.8. The lowest BCUT2D eigenvalue weighted by molar-refractivity contribution is -0.122. The maximum Gasteiger partial charge on any atom is 0.237 e. The minimum Gasteiger partial charge on any atom is -0.397 e. The average Bonchev–Trinajstić information content (AvgIpc) is 2.64. The molecule has 1 aliphatic heterocycles. The molecule has 106 valence electrons. The first-order valence-corrected chi connectivity index (χ1v) is 8.34. The van der Waals surface area contributed by atoms with Gasteiger partial charge in [-0.15, -0.1) is 0 Å². The number of hydrogen-bond acceptors (Lipinski definition) is 3. The Morgan fingerprint density at radius 1 is 1.00 bits per heavy atom. The summed E-state index contributed by atoms with van der Waals surface area (Å²) >= 11 is 7.15. The van der Waals surface area contributed by atoms with Crippen molar-refractivity contribution in [1.29, 1.82) is 0 Å². The number of nitrogens with two attached hydrogens (primary N) is 1. The third-order valence-electron chi connectivity index (χ3n) is 4.09. The van der Waals surface area contributed by atoms with Gasteiger partial charge < -0.3 is 5.73 Å². The zero-order chi connectivity index (χ0) is 14.4. The van der Waals surface area contributed by atoms with E-state index in [2.05, 4.69) is 31.9 Å². The molecule has 1 saturated carbocycles. The Morgan fingerprint density at radius 2 is 1.50 bits per heavy atom. The van der Waals surface area contributed by atoms with Crippen LogP contribution >= 0.6 is 31.9 Å². The van der Waals surface area contributed by atoms with Gasteiger partial charge >= 0.3 is 0 Å². The molecule has 2 fully saturated rings. The fourth-order valence-corrected chi connectivity index (χ4v) is 4.26. The Hall–Kier alpha value is -0.880. The third kappa shape index (κ3) is 2.09. The van der Waals surface area contributed by atoms with Gasteiger partial charge in [-0.3, -0.25) is 9.59 Å². The molecule has 1 aliphatic carbocycles. The van der Waals surface area contributed by atoms with Crippen molar-refractivity contribution in [3.05, 3.63) is 24.3 Å². The Bertz CT molecular complexity index is 550. The molecule has 2 aliphatic rings. The first kappa shape index (κ1) is 14.1. The number of nitrogens with zero attached hydrogens (tertiary/aromatic N) is 1. The SMILES string of the molecule is Nc1ccccc1N1C(=O)[C@H]2C[C@H](Br)[C@H](Br)C[C@H]2C1=O. The maximum absolute atomic E-state index is 12.6. The van der Waals surface area contributed by atoms with Crippen LogP contribution in [0, 0.1) is 11.8 Å². The first-order chi connectivity index (χ1) is 9.50. The second-order valence-corrected chi connectivity index (χ2v) is 7.64. The number of amides is 2. The summed E-state index contributed by atoms with van der Waals surface area (Å²) < 4.78 is 0. The van der Waals surface area contributed by atoms with Gasteiger partial charge in [-0.25, -0.2) is 4.90 Å². The Balaban J connectivity index is 1.97. The molecule has 1 aromatic rings. The number of para-hydroxylation sites is 2. The van der Waals surface area contributed by atoms with Crippen LogP contribution in [-0.4, -0.2) is 21.5 Å². The Kier molecular flexibility index (Phi) is 3.62. The average molecular weight is 402 g/mol. The minimum atomic E-state index is -0.236. The van der Waals surface area contributed by atoms with E-state index in [-0.39, 0.29) is 33.3 Å². The smallest absolute Gasteiger partial charge is 0.237 e. The van der Waals surface area contributed by atoms with Gasteiger partial charge in [0.15, 0.2) is 0 Å². The van der Waals surface area contributed by atoms with Crippen LogP contribution in [-0.2, 0) is 9.59 Å². The molecule has 2 N–H and O–H groups in total. The molecule has 3 rings (SSSR count). The Labute approximate surface area is 133 Å². The summed E-state index contributed by atoms with van der Waals surface area (Å²) in [6.45, 7) is 0. The van der Waals surface area contributed by atoms with Gasteiger partial charge in [-0.2, -0.15) is 0 Å². The van der Waals surface area contributed by atoms with Gasteiger partial charge in [-0.1, -0.05) is 44.0 Å². The van der Waals surface area contributed by atoms with E-state index in [4.69, 9.17) is 5.73 Å². The third-order valence-corrected chi connectivity index (χ3v) is 6.82. The monoisotopic (exact) mass is 400 g/mol. The summed E-state index contributed by atoms with van der Waals surface area (Å²) in [6.07, 6.45) is 1.35. The zero-order valence-corrected chi connectivity index (χ0v) is 13.8. The van der Waals surface area contributed by atoms with E-state index in [1.807, 2.05) is 0 Å². The number of fused-ring (bicyclic) bond motifs is 1. The van der Waals surface area contributed by atoms with E-state index < -0.39 is 0 Å². The van der Waals surface area contributed by atoms with E-state index >= 15 is 0 Å². The number of nitrogen functional groups attached to an aromatic ring is 1. The van der Waals surface area contributed by atoms with Crippen LogP contribution in [0.25, 0.3) is 0 Å². The van der Waals surface area contributed by atoms with Crippen molar-refractivity contribution in [1.82, 2.24) is 0 Å². The van der Waals surface area contributed by atoms with Gasteiger partial charge in [-0.05, 0) is 25.0 Å². The first-order valence-electron chi connectivity index (χ1n) is 6.51. The summed E-state index contributed by atoms with van der Waals surface area (Å²) in [7, 11) is 0. The van der Waals surface area contributed by atoms with Crippen LogP contribution in [0.4, 0.5) is 11.4 Å². The second-order valence-electron chi connectivity index (χ2n) is 5.29. The summed E-state index contributed by atoms with van der Waals surface area (Å²) in [5, 5.41) is 0. The van der Waals surface area contributed by atoms with E-state index in [9.17, 15) is 9.59 Å². The minimum absolute atomic E-state index is 0.123. The van der Waals surface area contributed by atoms with Crippen molar-refractivity contribution in [2.24, 2.45) is 11.8 Å². The molecule has 0 unspecified atom stereocenters. The maximum atomic E-state index is 12.6. The van der Waals surface area contributed by atoms with Crippen LogP contribution in [0.15, 0.2) is 24.3 Å². The molecule has 20 heavy (non-hydrogen) atoms. The molecule has 2 amide bonds. The molecule has 1 aromatic carbocycles. The molecular formula is C14H14Br2N2O2. The number of carbonyl (C=O) groups excluding carboxylic acids is 2.